The predicted octanol–water partition coefficient (Wildman–Crippen LogP) is 1.46. The van der Waals surface area contributed by atoms with Crippen LogP contribution in [0, 0.1) is 0 Å². The average Bonchev–Trinajstić information content (AvgIpc) is 2.40. The second-order valence-electron chi connectivity index (χ2n) is 4.85. The molecule has 0 aromatic heterocycles. The Hall–Kier alpha value is -1.59. The molecular weight excluding hydrogens is 246 g/mol. The molecule has 5 nitrogen and oxygen atoms in total. The monoisotopic (exact) mass is 265 g/mol. The maximum Gasteiger partial charge on any atom is 0.329 e. The number of aromatic hydroxyl groups is 1. The highest BCUT2D eigenvalue weighted by atomic mass is 16.5. The quantitative estimate of drug-likeness (QED) is 0.843. The summed E-state index contributed by atoms with van der Waals surface area (Å²) in [5.74, 6) is -0.629. The van der Waals surface area contributed by atoms with E-state index in [4.69, 9.17) is 9.84 Å². The van der Waals surface area contributed by atoms with Gasteiger partial charge in [0.15, 0.2) is 0 Å². The highest BCUT2D eigenvalue weighted by Gasteiger charge is 2.20. The van der Waals surface area contributed by atoms with Crippen molar-refractivity contribution >= 4 is 5.97 Å². The summed E-state index contributed by atoms with van der Waals surface area (Å²) in [6.45, 7) is 2.46. The van der Waals surface area contributed by atoms with Crippen LogP contribution in [0.25, 0.3) is 0 Å². The largest absolute Gasteiger partial charge is 0.508 e. The molecule has 1 saturated heterocycles. The molecule has 104 valence electrons. The summed E-state index contributed by atoms with van der Waals surface area (Å²) < 4.78 is 5.30. The van der Waals surface area contributed by atoms with Gasteiger partial charge in [-0.3, -0.25) is 4.90 Å². The number of likely N-dealkylation sites (tertiary alicyclic amines) is 1. The number of phenolic OH excluding ortho intramolecular Hbond substituents is 1. The van der Waals surface area contributed by atoms with Gasteiger partial charge in [0, 0.05) is 19.6 Å². The van der Waals surface area contributed by atoms with Crippen LogP contribution in [0.5, 0.6) is 5.75 Å². The first kappa shape index (κ1) is 13.8. The zero-order valence-electron chi connectivity index (χ0n) is 10.8. The van der Waals surface area contributed by atoms with Gasteiger partial charge in [0.25, 0.3) is 0 Å². The lowest BCUT2D eigenvalue weighted by Crippen LogP contribution is -2.37. The number of carboxylic acids is 1. The molecule has 0 bridgehead atoms. The Balaban J connectivity index is 1.74. The van der Waals surface area contributed by atoms with E-state index < -0.39 is 5.97 Å². The van der Waals surface area contributed by atoms with Crippen molar-refractivity contribution < 1.29 is 19.7 Å². The third-order valence-corrected chi connectivity index (χ3v) is 3.32. The first-order valence-electron chi connectivity index (χ1n) is 6.47. The van der Waals surface area contributed by atoms with Crippen LogP contribution in [0.1, 0.15) is 18.4 Å². The van der Waals surface area contributed by atoms with Crippen molar-refractivity contribution in [2.24, 2.45) is 0 Å². The molecule has 1 aliphatic rings. The number of ether oxygens (including phenoxy) is 1. The lowest BCUT2D eigenvalue weighted by molar-refractivity contribution is -0.145. The van der Waals surface area contributed by atoms with Gasteiger partial charge in [-0.2, -0.15) is 0 Å². The summed E-state index contributed by atoms with van der Waals surface area (Å²) in [5, 5.41) is 17.8. The molecule has 1 aromatic carbocycles. The highest BCUT2D eigenvalue weighted by molar-refractivity contribution is 5.68. The van der Waals surface area contributed by atoms with Gasteiger partial charge in [-0.25, -0.2) is 4.79 Å². The standard InChI is InChI=1S/C14H19NO4/c16-12-3-1-11(2-4-12)9-15-7-5-13(6-8-15)19-10-14(17)18/h1-4,13,16H,5-10H2,(H,17,18). The van der Waals surface area contributed by atoms with Crippen molar-refractivity contribution in [2.45, 2.75) is 25.5 Å². The van der Waals surface area contributed by atoms with E-state index in [1.54, 1.807) is 12.1 Å². The Kier molecular flexibility index (Phi) is 4.76. The molecular formula is C14H19NO4. The Bertz CT molecular complexity index is 410. The zero-order chi connectivity index (χ0) is 13.7. The molecule has 2 rings (SSSR count). The summed E-state index contributed by atoms with van der Waals surface area (Å²) in [5.41, 5.74) is 1.17. The number of carbonyl (C=O) groups is 1. The zero-order valence-corrected chi connectivity index (χ0v) is 10.8. The van der Waals surface area contributed by atoms with E-state index in [0.717, 1.165) is 32.5 Å². The van der Waals surface area contributed by atoms with Crippen molar-refractivity contribution in [3.8, 4) is 5.75 Å². The molecule has 1 heterocycles. The van der Waals surface area contributed by atoms with Crippen molar-refractivity contribution in [3.05, 3.63) is 29.8 Å². The minimum Gasteiger partial charge on any atom is -0.508 e. The number of carboxylic acid groups (broad SMARTS) is 1. The lowest BCUT2D eigenvalue weighted by Gasteiger charge is -2.31. The van der Waals surface area contributed by atoms with Crippen LogP contribution in [0.4, 0.5) is 0 Å². The number of hydrogen-bond donors (Lipinski definition) is 2. The third-order valence-electron chi connectivity index (χ3n) is 3.32. The van der Waals surface area contributed by atoms with Gasteiger partial charge in [-0.05, 0) is 30.5 Å². The number of phenols is 1. The average molecular weight is 265 g/mol. The van der Waals surface area contributed by atoms with Gasteiger partial charge in [-0.1, -0.05) is 12.1 Å². The highest BCUT2D eigenvalue weighted by Crippen LogP contribution is 2.17. The summed E-state index contributed by atoms with van der Waals surface area (Å²) in [6.07, 6.45) is 1.80. The number of benzene rings is 1. The van der Waals surface area contributed by atoms with Gasteiger partial charge in [0.1, 0.15) is 12.4 Å². The summed E-state index contributed by atoms with van der Waals surface area (Å²) in [4.78, 5) is 12.7. The summed E-state index contributed by atoms with van der Waals surface area (Å²) >= 11 is 0. The molecule has 1 aliphatic heterocycles. The van der Waals surface area contributed by atoms with E-state index in [1.807, 2.05) is 12.1 Å². The maximum absolute atomic E-state index is 10.4. The fourth-order valence-electron chi connectivity index (χ4n) is 2.28. The van der Waals surface area contributed by atoms with E-state index >= 15 is 0 Å². The molecule has 0 atom stereocenters. The molecule has 0 spiro atoms. The van der Waals surface area contributed by atoms with Gasteiger partial charge < -0.3 is 14.9 Å². The van der Waals surface area contributed by atoms with Crippen molar-refractivity contribution in [3.63, 3.8) is 0 Å². The molecule has 0 saturated carbocycles. The molecule has 0 amide bonds. The number of nitrogens with zero attached hydrogens (tertiary/aromatic N) is 1. The van der Waals surface area contributed by atoms with Crippen LogP contribution in [-0.4, -0.2) is 46.9 Å². The smallest absolute Gasteiger partial charge is 0.329 e. The second-order valence-corrected chi connectivity index (χ2v) is 4.85. The first-order valence-corrected chi connectivity index (χ1v) is 6.47. The van der Waals surface area contributed by atoms with Crippen LogP contribution < -0.4 is 0 Å². The van der Waals surface area contributed by atoms with Gasteiger partial charge in [0.2, 0.25) is 0 Å². The van der Waals surface area contributed by atoms with Crippen LogP contribution in [-0.2, 0) is 16.1 Å². The van der Waals surface area contributed by atoms with E-state index in [-0.39, 0.29) is 18.5 Å². The summed E-state index contributed by atoms with van der Waals surface area (Å²) in [6, 6.07) is 7.22. The first-order chi connectivity index (χ1) is 9.13. The van der Waals surface area contributed by atoms with Crippen molar-refractivity contribution in [1.82, 2.24) is 4.90 Å². The molecule has 1 fully saturated rings. The molecule has 0 radical (unpaired) electrons. The van der Waals surface area contributed by atoms with Crippen LogP contribution in [0.15, 0.2) is 24.3 Å². The van der Waals surface area contributed by atoms with E-state index in [2.05, 4.69) is 4.90 Å². The third kappa shape index (κ3) is 4.54. The van der Waals surface area contributed by atoms with Crippen LogP contribution in [0.2, 0.25) is 0 Å². The van der Waals surface area contributed by atoms with Crippen molar-refractivity contribution in [1.29, 1.82) is 0 Å². The molecule has 2 N–H and O–H groups in total. The second kappa shape index (κ2) is 6.54. The lowest BCUT2D eigenvalue weighted by atomic mass is 10.1. The van der Waals surface area contributed by atoms with Crippen molar-refractivity contribution in [2.75, 3.05) is 19.7 Å². The number of piperidine rings is 1. The Labute approximate surface area is 112 Å². The molecule has 5 heteroatoms. The fourth-order valence-corrected chi connectivity index (χ4v) is 2.28. The number of aliphatic carboxylic acids is 1. The van der Waals surface area contributed by atoms with E-state index in [0.29, 0.717) is 0 Å². The van der Waals surface area contributed by atoms with Gasteiger partial charge in [-0.15, -0.1) is 0 Å². The van der Waals surface area contributed by atoms with Crippen LogP contribution >= 0.6 is 0 Å². The van der Waals surface area contributed by atoms with Crippen LogP contribution in [0.3, 0.4) is 0 Å². The SMILES string of the molecule is O=C(O)COC1CCN(Cc2ccc(O)cc2)CC1. The normalized spacial score (nSPS) is 17.5. The fraction of sp³-hybridized carbons (Fsp3) is 0.500. The van der Waals surface area contributed by atoms with E-state index in [1.165, 1.54) is 5.56 Å². The molecule has 1 aromatic rings. The Morgan fingerprint density at radius 3 is 2.47 bits per heavy atom. The molecule has 0 unspecified atom stereocenters. The number of rotatable bonds is 5. The van der Waals surface area contributed by atoms with Gasteiger partial charge in [0.05, 0.1) is 6.10 Å². The minimum atomic E-state index is -0.911. The van der Waals surface area contributed by atoms with Gasteiger partial charge >= 0.3 is 5.97 Å². The molecule has 0 aliphatic carbocycles. The summed E-state index contributed by atoms with van der Waals surface area (Å²) in [7, 11) is 0. The van der Waals surface area contributed by atoms with E-state index in [9.17, 15) is 9.90 Å². The Morgan fingerprint density at radius 2 is 1.89 bits per heavy atom. The number of hydrogen-bond acceptors (Lipinski definition) is 4. The Morgan fingerprint density at radius 1 is 1.26 bits per heavy atom. The topological polar surface area (TPSA) is 70.0 Å². The predicted molar refractivity (Wildman–Crippen MR) is 70.0 cm³/mol. The molecule has 19 heavy (non-hydrogen) atoms. The minimum absolute atomic E-state index is 0.0622. The maximum atomic E-state index is 10.4.